The zero-order valence-corrected chi connectivity index (χ0v) is 41.3. The molecular weight excluding hydrogens is 896 g/mol. The number of nitrogens with one attached hydrogen (secondary N) is 2. The number of β-amino-alcohol motifs (C(OH)–C–C–N with tert-alkyl or cyclic N) is 1. The summed E-state index contributed by atoms with van der Waals surface area (Å²) in [4.78, 5) is 72.1. The molecule has 0 unspecified atom stereocenters. The Hall–Kier alpha value is -6.20. The predicted octanol–water partition coefficient (Wildman–Crippen LogP) is 7.44. The summed E-state index contributed by atoms with van der Waals surface area (Å²) >= 11 is 1.58. The highest BCUT2D eigenvalue weighted by atomic mass is 32.1. The zero-order valence-electron chi connectivity index (χ0n) is 40.5. The van der Waals surface area contributed by atoms with Crippen LogP contribution >= 0.6 is 11.3 Å². The number of likely N-dealkylation sites (tertiary alicyclic amines) is 1. The Labute approximate surface area is 406 Å². The number of carbonyl (C=O) groups excluding carboxylic acids is 4. The molecule has 4 aliphatic rings. The van der Waals surface area contributed by atoms with E-state index < -0.39 is 35.3 Å². The van der Waals surface area contributed by atoms with Gasteiger partial charge in [0, 0.05) is 61.1 Å². The predicted molar refractivity (Wildman–Crippen MR) is 263 cm³/mol. The molecule has 2 bridgehead atoms. The van der Waals surface area contributed by atoms with E-state index in [9.17, 15) is 28.7 Å². The van der Waals surface area contributed by atoms with E-state index in [0.29, 0.717) is 54.9 Å². The number of aromatic nitrogens is 4. The average Bonchev–Trinajstić information content (AvgIpc) is 4.14. The molecule has 0 spiro atoms. The Bertz CT molecular complexity index is 2780. The molecule has 69 heavy (non-hydrogen) atoms. The highest BCUT2D eigenvalue weighted by molar-refractivity contribution is 7.13. The van der Waals surface area contributed by atoms with Crippen LogP contribution in [0.2, 0.25) is 0 Å². The fraction of sp³-hybridized carbons (Fsp3) is 0.481. The number of pyridine rings is 1. The standard InChI is InChI=1S/C52H63FN10O5S/c1-28(31-10-12-32(13-11-31)45-29(2)56-27-69-45)57-49(66)43-23-37(64)25-62(43)51(68)46(52(4,5)6)58-48(65)33-14-17-36(18-15-33)63-30(3)44-34-21-42(47(54)55-24-34)61-20-8-9-41(61)39-22-35(53)16-19-38(39)50(67)60(7)26-40(44)59-63/h10-13,16,19,21-22,24,27-28,33,36-37,41,43,46,64H,8-9,14-15,17-18,20,23,25-26H2,1-7H3,(H2,54,55)(H,57,66)(H,58,65)/t28-,33?,36?,37+,41+,43-,46+/m0/s1. The smallest absolute Gasteiger partial charge is 0.254 e. The molecule has 364 valence electrons. The summed E-state index contributed by atoms with van der Waals surface area (Å²) in [5.74, 6) is -1.62. The topological polar surface area (TPSA) is 192 Å². The van der Waals surface area contributed by atoms with Gasteiger partial charge in [-0.25, -0.2) is 14.4 Å². The van der Waals surface area contributed by atoms with Crippen LogP contribution in [-0.2, 0) is 20.9 Å². The van der Waals surface area contributed by atoms with Gasteiger partial charge in [-0.1, -0.05) is 45.0 Å². The summed E-state index contributed by atoms with van der Waals surface area (Å²) in [6.07, 6.45) is 4.94. The van der Waals surface area contributed by atoms with Crippen LogP contribution in [0, 0.1) is 31.0 Å². The molecule has 6 heterocycles. The van der Waals surface area contributed by atoms with Crippen molar-refractivity contribution in [3.8, 4) is 21.6 Å². The minimum atomic E-state index is -0.946. The van der Waals surface area contributed by atoms with Crippen molar-refractivity contribution >= 4 is 46.5 Å². The summed E-state index contributed by atoms with van der Waals surface area (Å²) in [5.41, 5.74) is 15.7. The van der Waals surface area contributed by atoms with Crippen molar-refractivity contribution in [2.75, 3.05) is 30.8 Å². The van der Waals surface area contributed by atoms with E-state index in [-0.39, 0.29) is 61.3 Å². The van der Waals surface area contributed by atoms with E-state index in [0.717, 1.165) is 57.0 Å². The minimum absolute atomic E-state index is 0.0152. The molecule has 5 N–H and O–H groups in total. The Balaban J connectivity index is 0.892. The number of hydrogen-bond acceptors (Lipinski definition) is 11. The van der Waals surface area contributed by atoms with Crippen molar-refractivity contribution in [2.45, 2.75) is 129 Å². The number of anilines is 2. The van der Waals surface area contributed by atoms with Crippen LogP contribution in [0.5, 0.6) is 0 Å². The third kappa shape index (κ3) is 9.34. The molecule has 0 radical (unpaired) electrons. The summed E-state index contributed by atoms with van der Waals surface area (Å²) in [6, 6.07) is 11.9. The van der Waals surface area contributed by atoms with Crippen molar-refractivity contribution in [3.05, 3.63) is 99.8 Å². The summed E-state index contributed by atoms with van der Waals surface area (Å²) in [5, 5.41) is 22.2. The van der Waals surface area contributed by atoms with E-state index in [1.807, 2.05) is 82.1 Å². The van der Waals surface area contributed by atoms with E-state index in [2.05, 4.69) is 25.5 Å². The number of rotatable bonds is 8. The number of aryl methyl sites for hydroxylation is 1. The largest absolute Gasteiger partial charge is 0.391 e. The van der Waals surface area contributed by atoms with Gasteiger partial charge in [-0.2, -0.15) is 5.10 Å². The molecule has 2 saturated heterocycles. The molecule has 5 atom stereocenters. The monoisotopic (exact) mass is 958 g/mol. The molecule has 5 aromatic rings. The Morgan fingerprint density at radius 2 is 1.70 bits per heavy atom. The van der Waals surface area contributed by atoms with Gasteiger partial charge in [-0.05, 0) is 106 Å². The number of nitrogens with zero attached hydrogens (tertiary/aromatic N) is 7. The minimum Gasteiger partial charge on any atom is -0.391 e. The normalized spacial score (nSPS) is 22.5. The first-order valence-electron chi connectivity index (χ1n) is 24.1. The Morgan fingerprint density at radius 1 is 0.957 bits per heavy atom. The number of nitrogens with two attached hydrogens (primary N) is 1. The first-order valence-corrected chi connectivity index (χ1v) is 25.0. The number of halogens is 1. The lowest BCUT2D eigenvalue weighted by Gasteiger charge is -2.37. The van der Waals surface area contributed by atoms with Gasteiger partial charge in [-0.3, -0.25) is 23.9 Å². The van der Waals surface area contributed by atoms with Crippen molar-refractivity contribution in [2.24, 2.45) is 11.3 Å². The molecule has 4 amide bonds. The lowest BCUT2D eigenvalue weighted by molar-refractivity contribution is -0.144. The van der Waals surface area contributed by atoms with E-state index in [4.69, 9.17) is 10.8 Å². The Kier molecular flexibility index (Phi) is 13.1. The second-order valence-corrected chi connectivity index (χ2v) is 21.4. The number of carbonyl (C=O) groups is 4. The fourth-order valence-corrected chi connectivity index (χ4v) is 11.8. The van der Waals surface area contributed by atoms with Gasteiger partial charge < -0.3 is 36.2 Å². The first-order chi connectivity index (χ1) is 32.9. The number of fused-ring (bicyclic) bond motifs is 8. The van der Waals surface area contributed by atoms with Crippen LogP contribution in [0.3, 0.4) is 0 Å². The third-order valence-corrected chi connectivity index (χ3v) is 15.7. The molecule has 3 aliphatic heterocycles. The van der Waals surface area contributed by atoms with Gasteiger partial charge in [0.05, 0.1) is 58.2 Å². The lowest BCUT2D eigenvalue weighted by atomic mass is 9.82. The SMILES string of the molecule is Cc1ncsc1-c1ccc([C@H](C)NC(=O)[C@@H]2C[C@@H](O)CN2C(=O)[C@@H](NC(=O)C2CCC(n3nc4c(c3C)-c3cnc(N)c(c3)N3CCC[C@@H]3c3cc(F)ccc3C(=O)N(C)C4)CC2)C(C)(C)C)cc1. The van der Waals surface area contributed by atoms with Crippen molar-refractivity contribution in [1.82, 2.24) is 40.2 Å². The summed E-state index contributed by atoms with van der Waals surface area (Å²) in [6.45, 7) is 12.4. The summed E-state index contributed by atoms with van der Waals surface area (Å²) < 4.78 is 16.9. The molecule has 3 aromatic heterocycles. The first kappa shape index (κ1) is 47.8. The number of amides is 4. The Morgan fingerprint density at radius 3 is 2.39 bits per heavy atom. The van der Waals surface area contributed by atoms with Crippen LogP contribution in [0.15, 0.2) is 60.2 Å². The van der Waals surface area contributed by atoms with Gasteiger partial charge in [0.1, 0.15) is 23.7 Å². The maximum atomic E-state index is 14.8. The number of nitrogen functional groups attached to an aromatic ring is 1. The van der Waals surface area contributed by atoms with Gasteiger partial charge in [-0.15, -0.1) is 11.3 Å². The zero-order chi connectivity index (χ0) is 49.1. The second kappa shape index (κ2) is 18.9. The van der Waals surface area contributed by atoms with Gasteiger partial charge >= 0.3 is 0 Å². The van der Waals surface area contributed by atoms with Gasteiger partial charge in [0.25, 0.3) is 5.91 Å². The van der Waals surface area contributed by atoms with Crippen LogP contribution < -0.4 is 21.3 Å². The molecule has 15 nitrogen and oxygen atoms in total. The molecular formula is C52H63FN10O5S. The van der Waals surface area contributed by atoms with E-state index in [1.54, 1.807) is 35.5 Å². The fourth-order valence-electron chi connectivity index (χ4n) is 11.0. The highest BCUT2D eigenvalue weighted by Gasteiger charge is 2.46. The number of benzene rings is 2. The molecule has 1 aliphatic carbocycles. The molecule has 17 heteroatoms. The summed E-state index contributed by atoms with van der Waals surface area (Å²) in [7, 11) is 1.74. The number of thiazole rings is 1. The highest BCUT2D eigenvalue weighted by Crippen LogP contribution is 2.44. The third-order valence-electron chi connectivity index (χ3n) is 14.8. The van der Waals surface area contributed by atoms with Crippen molar-refractivity contribution < 1.29 is 28.7 Å². The maximum Gasteiger partial charge on any atom is 0.254 e. The van der Waals surface area contributed by atoms with Crippen molar-refractivity contribution in [1.29, 1.82) is 0 Å². The number of aliphatic hydroxyl groups is 1. The van der Waals surface area contributed by atoms with Gasteiger partial charge in [0.2, 0.25) is 17.7 Å². The van der Waals surface area contributed by atoms with Crippen LogP contribution in [0.4, 0.5) is 15.9 Å². The van der Waals surface area contributed by atoms with Crippen LogP contribution in [0.25, 0.3) is 21.6 Å². The lowest BCUT2D eigenvalue weighted by Crippen LogP contribution is -2.58. The molecule has 2 aromatic carbocycles. The average molecular weight is 959 g/mol. The van der Waals surface area contributed by atoms with E-state index >= 15 is 0 Å². The molecule has 3 fully saturated rings. The number of hydrogen-bond donors (Lipinski definition) is 4. The van der Waals surface area contributed by atoms with Crippen molar-refractivity contribution in [3.63, 3.8) is 0 Å². The maximum absolute atomic E-state index is 14.8. The quantitative estimate of drug-likeness (QED) is 0.122. The second-order valence-electron chi connectivity index (χ2n) is 20.6. The molecule has 9 rings (SSSR count). The van der Waals surface area contributed by atoms with Crippen LogP contribution in [-0.4, -0.2) is 96.6 Å². The number of aliphatic hydroxyl groups excluding tert-OH is 1. The van der Waals surface area contributed by atoms with Gasteiger partial charge in [0.15, 0.2) is 0 Å². The van der Waals surface area contributed by atoms with Crippen LogP contribution in [0.1, 0.15) is 129 Å². The molecule has 1 saturated carbocycles. The van der Waals surface area contributed by atoms with E-state index in [1.165, 1.54) is 17.0 Å².